The molecule has 2 aromatic heterocycles. The van der Waals surface area contributed by atoms with Crippen molar-refractivity contribution in [1.82, 2.24) is 15.0 Å². The smallest absolute Gasteiger partial charge is 0.247 e. The van der Waals surface area contributed by atoms with Crippen LogP contribution >= 0.6 is 11.6 Å². The summed E-state index contributed by atoms with van der Waals surface area (Å²) >= 11 is 6.40. The van der Waals surface area contributed by atoms with E-state index in [0.29, 0.717) is 28.9 Å². The largest absolute Gasteiger partial charge is 0.486 e. The lowest BCUT2D eigenvalue weighted by Crippen LogP contribution is -2.07. The van der Waals surface area contributed by atoms with Gasteiger partial charge in [0.2, 0.25) is 5.91 Å². The SMILES string of the molecule is C=CC(=O)Nc1ccc2ncnc(Nc3ccc(OCc4ccccn4)c(Cl)c3)c2c1. The normalized spacial score (nSPS) is 10.5. The Hall–Kier alpha value is -3.97. The van der Waals surface area contributed by atoms with Crippen molar-refractivity contribution < 1.29 is 9.53 Å². The van der Waals surface area contributed by atoms with E-state index in [0.717, 1.165) is 22.3 Å². The van der Waals surface area contributed by atoms with Crippen molar-refractivity contribution in [2.75, 3.05) is 10.6 Å². The lowest BCUT2D eigenvalue weighted by molar-refractivity contribution is -0.111. The van der Waals surface area contributed by atoms with E-state index in [4.69, 9.17) is 16.3 Å². The van der Waals surface area contributed by atoms with Crippen molar-refractivity contribution in [2.45, 2.75) is 6.61 Å². The fourth-order valence-corrected chi connectivity index (χ4v) is 3.13. The fourth-order valence-electron chi connectivity index (χ4n) is 2.89. The molecule has 1 amide bonds. The van der Waals surface area contributed by atoms with E-state index in [-0.39, 0.29) is 5.91 Å². The first-order chi connectivity index (χ1) is 15.1. The molecule has 7 nitrogen and oxygen atoms in total. The minimum Gasteiger partial charge on any atom is -0.486 e. The predicted octanol–water partition coefficient (Wildman–Crippen LogP) is 5.13. The zero-order valence-electron chi connectivity index (χ0n) is 16.4. The molecule has 8 heteroatoms. The third-order valence-corrected chi connectivity index (χ3v) is 4.68. The van der Waals surface area contributed by atoms with Gasteiger partial charge in [-0.2, -0.15) is 0 Å². The summed E-state index contributed by atoms with van der Waals surface area (Å²) in [4.78, 5) is 24.4. The van der Waals surface area contributed by atoms with E-state index in [1.54, 1.807) is 30.5 Å². The summed E-state index contributed by atoms with van der Waals surface area (Å²) in [5.41, 5.74) is 2.89. The van der Waals surface area contributed by atoms with Gasteiger partial charge in [-0.1, -0.05) is 24.2 Å². The Kier molecular flexibility index (Phi) is 6.05. The summed E-state index contributed by atoms with van der Waals surface area (Å²) in [5, 5.41) is 7.19. The Morgan fingerprint density at radius 1 is 1.06 bits per heavy atom. The van der Waals surface area contributed by atoms with E-state index in [1.807, 2.05) is 30.3 Å². The van der Waals surface area contributed by atoms with Gasteiger partial charge < -0.3 is 15.4 Å². The molecule has 154 valence electrons. The van der Waals surface area contributed by atoms with E-state index in [2.05, 4.69) is 32.2 Å². The van der Waals surface area contributed by atoms with Crippen molar-refractivity contribution >= 4 is 45.6 Å². The number of ether oxygens (including phenoxy) is 1. The number of rotatable bonds is 7. The molecule has 0 spiro atoms. The maximum atomic E-state index is 11.6. The number of hydrogen-bond acceptors (Lipinski definition) is 6. The van der Waals surface area contributed by atoms with Crippen LogP contribution in [0.4, 0.5) is 17.2 Å². The van der Waals surface area contributed by atoms with Crippen LogP contribution in [0.5, 0.6) is 5.75 Å². The summed E-state index contributed by atoms with van der Waals surface area (Å²) < 4.78 is 5.77. The third kappa shape index (κ3) is 4.96. The Morgan fingerprint density at radius 2 is 1.94 bits per heavy atom. The highest BCUT2D eigenvalue weighted by Gasteiger charge is 2.09. The van der Waals surface area contributed by atoms with Crippen LogP contribution in [-0.4, -0.2) is 20.9 Å². The third-order valence-electron chi connectivity index (χ3n) is 4.38. The van der Waals surface area contributed by atoms with Crippen LogP contribution in [0, 0.1) is 0 Å². The highest BCUT2D eigenvalue weighted by molar-refractivity contribution is 6.32. The molecule has 31 heavy (non-hydrogen) atoms. The first-order valence-corrected chi connectivity index (χ1v) is 9.77. The molecule has 0 aliphatic carbocycles. The van der Waals surface area contributed by atoms with E-state index >= 15 is 0 Å². The summed E-state index contributed by atoms with van der Waals surface area (Å²) in [6.45, 7) is 3.79. The molecule has 0 aliphatic rings. The summed E-state index contributed by atoms with van der Waals surface area (Å²) in [7, 11) is 0. The number of halogens is 1. The van der Waals surface area contributed by atoms with Crippen molar-refractivity contribution in [3.05, 3.63) is 90.5 Å². The molecule has 0 atom stereocenters. The lowest BCUT2D eigenvalue weighted by Gasteiger charge is -2.12. The second-order valence-corrected chi connectivity index (χ2v) is 6.93. The number of carbonyl (C=O) groups is 1. The fraction of sp³-hybridized carbons (Fsp3) is 0.0435. The number of anilines is 3. The lowest BCUT2D eigenvalue weighted by atomic mass is 10.2. The molecular formula is C23H18ClN5O2. The molecule has 4 aromatic rings. The van der Waals surface area contributed by atoms with Gasteiger partial charge in [0.25, 0.3) is 0 Å². The minimum atomic E-state index is -0.293. The molecule has 0 aliphatic heterocycles. The van der Waals surface area contributed by atoms with Crippen LogP contribution in [-0.2, 0) is 11.4 Å². The maximum absolute atomic E-state index is 11.6. The Labute approximate surface area is 183 Å². The molecule has 2 N–H and O–H groups in total. The maximum Gasteiger partial charge on any atom is 0.247 e. The van der Waals surface area contributed by atoms with E-state index in [1.165, 1.54) is 12.4 Å². The van der Waals surface area contributed by atoms with Crippen molar-refractivity contribution in [3.63, 3.8) is 0 Å². The monoisotopic (exact) mass is 431 g/mol. The zero-order chi connectivity index (χ0) is 21.6. The zero-order valence-corrected chi connectivity index (χ0v) is 17.1. The first kappa shape index (κ1) is 20.3. The molecule has 0 saturated heterocycles. The Bertz CT molecular complexity index is 1250. The minimum absolute atomic E-state index is 0.293. The highest BCUT2D eigenvalue weighted by atomic mass is 35.5. The van der Waals surface area contributed by atoms with Crippen LogP contribution in [0.2, 0.25) is 5.02 Å². The molecule has 2 aromatic carbocycles. The van der Waals surface area contributed by atoms with Gasteiger partial charge in [-0.3, -0.25) is 9.78 Å². The Morgan fingerprint density at radius 3 is 2.71 bits per heavy atom. The quantitative estimate of drug-likeness (QED) is 0.394. The second-order valence-electron chi connectivity index (χ2n) is 6.53. The molecule has 0 fully saturated rings. The molecule has 0 saturated carbocycles. The van der Waals surface area contributed by atoms with Gasteiger partial charge in [0, 0.05) is 23.0 Å². The van der Waals surface area contributed by atoms with Gasteiger partial charge in [-0.15, -0.1) is 0 Å². The van der Waals surface area contributed by atoms with Crippen LogP contribution in [0.15, 0.2) is 79.8 Å². The van der Waals surface area contributed by atoms with Crippen molar-refractivity contribution in [2.24, 2.45) is 0 Å². The summed E-state index contributed by atoms with van der Waals surface area (Å²) in [5.74, 6) is 0.844. The molecule has 2 heterocycles. The van der Waals surface area contributed by atoms with Gasteiger partial charge in [0.15, 0.2) is 0 Å². The number of nitrogens with zero attached hydrogens (tertiary/aromatic N) is 3. The van der Waals surface area contributed by atoms with Gasteiger partial charge in [-0.25, -0.2) is 9.97 Å². The highest BCUT2D eigenvalue weighted by Crippen LogP contribution is 2.31. The molecule has 0 unspecified atom stereocenters. The molecule has 4 rings (SSSR count). The number of hydrogen-bond donors (Lipinski definition) is 2. The number of nitrogens with one attached hydrogen (secondary N) is 2. The van der Waals surface area contributed by atoms with Crippen LogP contribution in [0.1, 0.15) is 5.69 Å². The molecular weight excluding hydrogens is 414 g/mol. The van der Waals surface area contributed by atoms with Gasteiger partial charge in [0.05, 0.1) is 16.2 Å². The first-order valence-electron chi connectivity index (χ1n) is 9.40. The Balaban J connectivity index is 1.54. The van der Waals surface area contributed by atoms with E-state index in [9.17, 15) is 4.79 Å². The van der Waals surface area contributed by atoms with Crippen molar-refractivity contribution in [3.8, 4) is 5.75 Å². The van der Waals surface area contributed by atoms with Crippen LogP contribution in [0.25, 0.3) is 10.9 Å². The van der Waals surface area contributed by atoms with Gasteiger partial charge in [0.1, 0.15) is 24.5 Å². The van der Waals surface area contributed by atoms with Gasteiger partial charge >= 0.3 is 0 Å². The standard InChI is InChI=1S/C23H18ClN5O2/c1-2-22(30)28-15-6-8-20-18(11-15)23(27-14-26-20)29-16-7-9-21(19(24)12-16)31-13-17-5-3-4-10-25-17/h2-12,14H,1,13H2,(H,28,30)(H,26,27,29). The van der Waals surface area contributed by atoms with Crippen LogP contribution < -0.4 is 15.4 Å². The van der Waals surface area contributed by atoms with Crippen molar-refractivity contribution in [1.29, 1.82) is 0 Å². The molecule has 0 radical (unpaired) electrons. The second kappa shape index (κ2) is 9.23. The van der Waals surface area contributed by atoms with E-state index < -0.39 is 0 Å². The number of aromatic nitrogens is 3. The number of fused-ring (bicyclic) bond motifs is 1. The number of pyridine rings is 1. The predicted molar refractivity (Wildman–Crippen MR) is 122 cm³/mol. The average Bonchev–Trinajstić information content (AvgIpc) is 2.79. The van der Waals surface area contributed by atoms with Crippen LogP contribution in [0.3, 0.4) is 0 Å². The summed E-state index contributed by atoms with van der Waals surface area (Å²) in [6, 6.07) is 16.4. The average molecular weight is 432 g/mol. The summed E-state index contributed by atoms with van der Waals surface area (Å²) in [6.07, 6.45) is 4.40. The number of carbonyl (C=O) groups excluding carboxylic acids is 1. The number of amides is 1. The van der Waals surface area contributed by atoms with Gasteiger partial charge in [-0.05, 0) is 54.6 Å². The molecule has 0 bridgehead atoms. The number of benzene rings is 2. The topological polar surface area (TPSA) is 89.0 Å².